The highest BCUT2D eigenvalue weighted by Crippen LogP contribution is 2.40. The topological polar surface area (TPSA) is 95.1 Å². The molecule has 0 radical (unpaired) electrons. The zero-order valence-electron chi connectivity index (χ0n) is 13.7. The molecule has 6 heteroatoms. The Labute approximate surface area is 145 Å². The molecule has 1 aromatic heterocycles. The summed E-state index contributed by atoms with van der Waals surface area (Å²) < 4.78 is 0. The molecule has 2 aliphatic rings. The van der Waals surface area contributed by atoms with E-state index in [-0.39, 0.29) is 5.91 Å². The lowest BCUT2D eigenvalue weighted by Crippen LogP contribution is -2.45. The van der Waals surface area contributed by atoms with Crippen LogP contribution in [0.25, 0.3) is 5.57 Å². The fraction of sp³-hybridized carbons (Fsp3) is 0.211. The summed E-state index contributed by atoms with van der Waals surface area (Å²) in [6.45, 7) is 0.635. The van der Waals surface area contributed by atoms with Crippen molar-refractivity contribution in [2.45, 2.75) is 18.4 Å². The number of hydrogen-bond acceptors (Lipinski definition) is 5. The van der Waals surface area contributed by atoms with Gasteiger partial charge in [-0.1, -0.05) is 18.2 Å². The Morgan fingerprint density at radius 2 is 2.16 bits per heavy atom. The van der Waals surface area contributed by atoms with Crippen LogP contribution in [-0.2, 0) is 11.2 Å². The lowest BCUT2D eigenvalue weighted by molar-refractivity contribution is -0.120. The molecule has 1 aromatic carbocycles. The van der Waals surface area contributed by atoms with Crippen molar-refractivity contribution in [3.63, 3.8) is 0 Å². The second-order valence-corrected chi connectivity index (χ2v) is 6.42. The number of carbonyl (C=O) groups is 1. The quantitative estimate of drug-likeness (QED) is 0.750. The molecular formula is C19H19N5O. The summed E-state index contributed by atoms with van der Waals surface area (Å²) in [6, 6.07) is 11.7. The van der Waals surface area contributed by atoms with Crippen molar-refractivity contribution in [1.82, 2.24) is 4.98 Å². The van der Waals surface area contributed by atoms with Gasteiger partial charge in [-0.05, 0) is 30.2 Å². The molecule has 2 aliphatic heterocycles. The number of para-hydroxylation sites is 1. The minimum atomic E-state index is -0.554. The molecule has 6 nitrogen and oxygen atoms in total. The van der Waals surface area contributed by atoms with E-state index in [1.54, 1.807) is 17.2 Å². The second kappa shape index (κ2) is 5.73. The first kappa shape index (κ1) is 15.4. The fourth-order valence-corrected chi connectivity index (χ4v) is 3.64. The summed E-state index contributed by atoms with van der Waals surface area (Å²) in [4.78, 5) is 19.2. The molecule has 0 saturated carbocycles. The summed E-state index contributed by atoms with van der Waals surface area (Å²) in [5.41, 5.74) is 8.53. The van der Waals surface area contributed by atoms with Crippen LogP contribution in [0.1, 0.15) is 17.5 Å². The molecule has 0 aliphatic carbocycles. The first-order valence-corrected chi connectivity index (χ1v) is 8.24. The highest BCUT2D eigenvalue weighted by Gasteiger charge is 2.50. The number of hydrogen-bond donors (Lipinski definition) is 3. The number of rotatable bonds is 3. The first-order valence-electron chi connectivity index (χ1n) is 8.24. The summed E-state index contributed by atoms with van der Waals surface area (Å²) in [7, 11) is 0. The smallest absolute Gasteiger partial charge is 0.254 e. The van der Waals surface area contributed by atoms with E-state index in [0.717, 1.165) is 17.7 Å². The normalized spacial score (nSPS) is 22.2. The predicted octanol–water partition coefficient (Wildman–Crippen LogP) is 2.17. The van der Waals surface area contributed by atoms with Gasteiger partial charge in [-0.15, -0.1) is 0 Å². The van der Waals surface area contributed by atoms with E-state index in [4.69, 9.17) is 11.1 Å². The van der Waals surface area contributed by atoms with Gasteiger partial charge in [0.2, 0.25) is 0 Å². The number of amides is 1. The Morgan fingerprint density at radius 3 is 2.84 bits per heavy atom. The van der Waals surface area contributed by atoms with Gasteiger partial charge in [0.05, 0.1) is 0 Å². The third-order valence-corrected chi connectivity index (χ3v) is 4.99. The molecule has 1 spiro atoms. The number of pyridine rings is 1. The zero-order chi connectivity index (χ0) is 17.4. The van der Waals surface area contributed by atoms with E-state index in [2.05, 4.69) is 16.4 Å². The molecule has 4 rings (SSSR count). The minimum Gasteiger partial charge on any atom is -0.404 e. The van der Waals surface area contributed by atoms with Gasteiger partial charge >= 0.3 is 0 Å². The van der Waals surface area contributed by atoms with Gasteiger partial charge in [-0.3, -0.25) is 9.69 Å². The fourth-order valence-electron chi connectivity index (χ4n) is 3.64. The molecule has 2 aromatic rings. The maximum Gasteiger partial charge on any atom is 0.254 e. The Kier molecular flexibility index (Phi) is 3.53. The number of nitrogens with zero attached hydrogens (tertiary/aromatic N) is 2. The SMILES string of the molecule is N=CC(=CN)c1ccc(N2CCC3(Cc4ccccc4N3)C2=O)nc1. The van der Waals surface area contributed by atoms with Crippen LogP contribution in [0.5, 0.6) is 0 Å². The Bertz CT molecular complexity index is 847. The van der Waals surface area contributed by atoms with Crippen LogP contribution in [0.3, 0.4) is 0 Å². The van der Waals surface area contributed by atoms with E-state index in [1.165, 1.54) is 18.0 Å². The van der Waals surface area contributed by atoms with Gasteiger partial charge in [-0.2, -0.15) is 0 Å². The van der Waals surface area contributed by atoms with Crippen LogP contribution in [0.2, 0.25) is 0 Å². The van der Waals surface area contributed by atoms with Crippen LogP contribution in [-0.4, -0.2) is 29.2 Å². The number of benzene rings is 1. The standard InChI is InChI=1S/C19H19N5O/c20-10-15(11-21)14-5-6-17(22-12-14)24-8-7-19(18(24)25)9-13-3-1-2-4-16(13)23-19/h1-6,10-12,20,23H,7-9,21H2. The molecule has 1 unspecified atom stereocenters. The van der Waals surface area contributed by atoms with Crippen LogP contribution in [0.15, 0.2) is 48.8 Å². The molecule has 0 bridgehead atoms. The molecule has 4 N–H and O–H groups in total. The highest BCUT2D eigenvalue weighted by molar-refractivity contribution is 6.08. The minimum absolute atomic E-state index is 0.0607. The average molecular weight is 333 g/mol. The zero-order valence-corrected chi connectivity index (χ0v) is 13.7. The number of nitrogens with two attached hydrogens (primary N) is 1. The van der Waals surface area contributed by atoms with Gasteiger partial charge in [0, 0.05) is 48.4 Å². The lowest BCUT2D eigenvalue weighted by Gasteiger charge is -2.23. The Hall–Kier alpha value is -3.15. The van der Waals surface area contributed by atoms with Crippen molar-refractivity contribution in [3.05, 3.63) is 59.9 Å². The largest absolute Gasteiger partial charge is 0.404 e. The third-order valence-electron chi connectivity index (χ3n) is 4.99. The van der Waals surface area contributed by atoms with Gasteiger partial charge in [-0.25, -0.2) is 4.98 Å². The Morgan fingerprint density at radius 1 is 1.32 bits per heavy atom. The van der Waals surface area contributed by atoms with Crippen molar-refractivity contribution < 1.29 is 4.79 Å². The van der Waals surface area contributed by atoms with E-state index in [1.807, 2.05) is 24.3 Å². The van der Waals surface area contributed by atoms with Gasteiger partial charge in [0.15, 0.2) is 0 Å². The van der Waals surface area contributed by atoms with Crippen molar-refractivity contribution >= 4 is 29.2 Å². The molecule has 126 valence electrons. The molecular weight excluding hydrogens is 314 g/mol. The molecule has 3 heterocycles. The number of aromatic nitrogens is 1. The van der Waals surface area contributed by atoms with E-state index >= 15 is 0 Å². The molecule has 25 heavy (non-hydrogen) atoms. The van der Waals surface area contributed by atoms with E-state index < -0.39 is 5.54 Å². The van der Waals surface area contributed by atoms with Crippen LogP contribution >= 0.6 is 0 Å². The third kappa shape index (κ3) is 2.38. The summed E-state index contributed by atoms with van der Waals surface area (Å²) >= 11 is 0. The van der Waals surface area contributed by atoms with E-state index in [0.29, 0.717) is 24.4 Å². The molecule has 1 saturated heterocycles. The molecule has 1 atom stereocenters. The molecule has 1 amide bonds. The summed E-state index contributed by atoms with van der Waals surface area (Å²) in [6.07, 6.45) is 5.67. The van der Waals surface area contributed by atoms with Crippen molar-refractivity contribution in [2.24, 2.45) is 5.73 Å². The first-order chi connectivity index (χ1) is 12.2. The predicted molar refractivity (Wildman–Crippen MR) is 98.7 cm³/mol. The van der Waals surface area contributed by atoms with Gasteiger partial charge in [0.25, 0.3) is 5.91 Å². The Balaban J connectivity index is 1.58. The second-order valence-electron chi connectivity index (χ2n) is 6.42. The lowest BCUT2D eigenvalue weighted by atomic mass is 9.94. The van der Waals surface area contributed by atoms with Crippen LogP contribution in [0, 0.1) is 5.41 Å². The van der Waals surface area contributed by atoms with Crippen molar-refractivity contribution in [3.8, 4) is 0 Å². The molecule has 1 fully saturated rings. The number of anilines is 2. The maximum atomic E-state index is 13.1. The van der Waals surface area contributed by atoms with Crippen molar-refractivity contribution in [2.75, 3.05) is 16.8 Å². The van der Waals surface area contributed by atoms with Gasteiger partial charge in [0.1, 0.15) is 11.4 Å². The van der Waals surface area contributed by atoms with Crippen LogP contribution in [0.4, 0.5) is 11.5 Å². The maximum absolute atomic E-state index is 13.1. The van der Waals surface area contributed by atoms with E-state index in [9.17, 15) is 4.79 Å². The average Bonchev–Trinajstić information content (AvgIpc) is 3.17. The van der Waals surface area contributed by atoms with Gasteiger partial charge < -0.3 is 16.5 Å². The summed E-state index contributed by atoms with van der Waals surface area (Å²) in [5.74, 6) is 0.690. The number of carbonyl (C=O) groups excluding carboxylic acids is 1. The monoisotopic (exact) mass is 333 g/mol. The van der Waals surface area contributed by atoms with Crippen LogP contribution < -0.4 is 16.0 Å². The number of fused-ring (bicyclic) bond motifs is 1. The number of nitrogens with one attached hydrogen (secondary N) is 2. The summed E-state index contributed by atoms with van der Waals surface area (Å²) in [5, 5.41) is 10.8. The number of allylic oxidation sites excluding steroid dienone is 1. The van der Waals surface area contributed by atoms with Crippen molar-refractivity contribution in [1.29, 1.82) is 5.41 Å². The highest BCUT2D eigenvalue weighted by atomic mass is 16.2.